The first kappa shape index (κ1) is 18.2. The molecular weight excluding hydrogens is 322 g/mol. The van der Waals surface area contributed by atoms with Crippen molar-refractivity contribution in [2.75, 3.05) is 11.4 Å². The van der Waals surface area contributed by atoms with Crippen LogP contribution in [-0.4, -0.2) is 24.4 Å². The Morgan fingerprint density at radius 2 is 1.92 bits per heavy atom. The predicted molar refractivity (Wildman–Crippen MR) is 97.8 cm³/mol. The monoisotopic (exact) mass is 345 g/mol. The lowest BCUT2D eigenvalue weighted by molar-refractivity contribution is -0.126. The van der Waals surface area contributed by atoms with Crippen LogP contribution in [0.3, 0.4) is 0 Å². The summed E-state index contributed by atoms with van der Waals surface area (Å²) >= 11 is 1.59. The number of hydrogen-bond donors (Lipinski definition) is 2. The minimum Gasteiger partial charge on any atom is -0.346 e. The van der Waals surface area contributed by atoms with E-state index < -0.39 is 6.04 Å². The highest BCUT2D eigenvalue weighted by Crippen LogP contribution is 2.18. The molecular formula is C18H23N3O2S. The lowest BCUT2D eigenvalue weighted by Crippen LogP contribution is -2.47. The van der Waals surface area contributed by atoms with Crippen molar-refractivity contribution < 1.29 is 9.59 Å². The van der Waals surface area contributed by atoms with Gasteiger partial charge in [0, 0.05) is 5.69 Å². The third kappa shape index (κ3) is 4.91. The molecule has 24 heavy (non-hydrogen) atoms. The molecule has 128 valence electrons. The average molecular weight is 345 g/mol. The molecule has 1 aromatic carbocycles. The molecule has 0 aliphatic carbocycles. The van der Waals surface area contributed by atoms with Gasteiger partial charge in [0.2, 0.25) is 11.8 Å². The van der Waals surface area contributed by atoms with E-state index in [1.165, 1.54) is 0 Å². The van der Waals surface area contributed by atoms with Gasteiger partial charge in [-0.05, 0) is 40.4 Å². The quantitative estimate of drug-likeness (QED) is 0.809. The van der Waals surface area contributed by atoms with E-state index in [0.29, 0.717) is 6.54 Å². The first-order chi connectivity index (χ1) is 11.5. The van der Waals surface area contributed by atoms with E-state index in [2.05, 4.69) is 5.32 Å². The number of amides is 2. The average Bonchev–Trinajstić information content (AvgIpc) is 3.10. The van der Waals surface area contributed by atoms with Gasteiger partial charge in [-0.3, -0.25) is 9.59 Å². The fourth-order valence-corrected chi connectivity index (χ4v) is 2.84. The number of rotatable bonds is 7. The Labute approximate surface area is 146 Å². The van der Waals surface area contributed by atoms with Crippen molar-refractivity contribution in [1.29, 1.82) is 0 Å². The molecule has 3 N–H and O–H groups in total. The molecule has 1 heterocycles. The van der Waals surface area contributed by atoms with E-state index in [0.717, 1.165) is 11.3 Å². The summed E-state index contributed by atoms with van der Waals surface area (Å²) in [4.78, 5) is 26.3. The SMILES string of the molecule is CC(C)[C@H](N)C(=O)NCC(=O)N(Cc1ccsc1)c1ccccc1. The Kier molecular flexibility index (Phi) is 6.52. The van der Waals surface area contributed by atoms with Crippen LogP contribution in [0.25, 0.3) is 0 Å². The van der Waals surface area contributed by atoms with Crippen molar-refractivity contribution in [2.24, 2.45) is 11.7 Å². The number of para-hydroxylation sites is 1. The van der Waals surface area contributed by atoms with Crippen molar-refractivity contribution in [3.05, 3.63) is 52.7 Å². The van der Waals surface area contributed by atoms with Crippen LogP contribution in [-0.2, 0) is 16.1 Å². The zero-order valence-electron chi connectivity index (χ0n) is 13.9. The van der Waals surface area contributed by atoms with Crippen molar-refractivity contribution in [3.63, 3.8) is 0 Å². The van der Waals surface area contributed by atoms with Crippen molar-refractivity contribution in [2.45, 2.75) is 26.4 Å². The van der Waals surface area contributed by atoms with Gasteiger partial charge in [0.1, 0.15) is 0 Å². The van der Waals surface area contributed by atoms with Gasteiger partial charge < -0.3 is 16.0 Å². The smallest absolute Gasteiger partial charge is 0.246 e. The third-order valence-electron chi connectivity index (χ3n) is 3.72. The summed E-state index contributed by atoms with van der Waals surface area (Å²) in [5.74, 6) is -0.449. The first-order valence-corrected chi connectivity index (χ1v) is 8.83. The fourth-order valence-electron chi connectivity index (χ4n) is 2.18. The van der Waals surface area contributed by atoms with Gasteiger partial charge in [-0.1, -0.05) is 32.0 Å². The van der Waals surface area contributed by atoms with Crippen LogP contribution in [0.15, 0.2) is 47.2 Å². The predicted octanol–water partition coefficient (Wildman–Crippen LogP) is 2.38. The zero-order chi connectivity index (χ0) is 17.5. The highest BCUT2D eigenvalue weighted by molar-refractivity contribution is 7.07. The number of nitrogens with zero attached hydrogens (tertiary/aromatic N) is 1. The molecule has 0 fully saturated rings. The molecule has 0 saturated heterocycles. The van der Waals surface area contributed by atoms with Gasteiger partial charge in [-0.15, -0.1) is 0 Å². The van der Waals surface area contributed by atoms with Gasteiger partial charge in [0.25, 0.3) is 0 Å². The molecule has 2 aromatic rings. The van der Waals surface area contributed by atoms with Gasteiger partial charge in [-0.2, -0.15) is 11.3 Å². The van der Waals surface area contributed by atoms with E-state index >= 15 is 0 Å². The van der Waals surface area contributed by atoms with Crippen molar-refractivity contribution in [1.82, 2.24) is 5.32 Å². The normalized spacial score (nSPS) is 12.0. The molecule has 0 unspecified atom stereocenters. The van der Waals surface area contributed by atoms with Crippen LogP contribution < -0.4 is 16.0 Å². The lowest BCUT2D eigenvalue weighted by Gasteiger charge is -2.23. The number of carbonyl (C=O) groups is 2. The van der Waals surface area contributed by atoms with E-state index in [-0.39, 0.29) is 24.3 Å². The molecule has 0 radical (unpaired) electrons. The zero-order valence-corrected chi connectivity index (χ0v) is 14.8. The Morgan fingerprint density at radius 3 is 2.50 bits per heavy atom. The molecule has 0 aliphatic rings. The second-order valence-electron chi connectivity index (χ2n) is 5.93. The molecule has 0 saturated carbocycles. The van der Waals surface area contributed by atoms with Gasteiger partial charge in [0.15, 0.2) is 0 Å². The van der Waals surface area contributed by atoms with E-state index in [1.54, 1.807) is 16.2 Å². The maximum absolute atomic E-state index is 12.6. The van der Waals surface area contributed by atoms with Crippen LogP contribution in [0.4, 0.5) is 5.69 Å². The number of nitrogens with two attached hydrogens (primary N) is 1. The summed E-state index contributed by atoms with van der Waals surface area (Å²) in [5, 5.41) is 6.63. The Hall–Kier alpha value is -2.18. The van der Waals surface area contributed by atoms with Gasteiger partial charge in [-0.25, -0.2) is 0 Å². The molecule has 1 aromatic heterocycles. The van der Waals surface area contributed by atoms with Crippen LogP contribution >= 0.6 is 11.3 Å². The summed E-state index contributed by atoms with van der Waals surface area (Å²) in [6.07, 6.45) is 0. The molecule has 1 atom stereocenters. The lowest BCUT2D eigenvalue weighted by atomic mass is 10.1. The number of anilines is 1. The van der Waals surface area contributed by atoms with Crippen molar-refractivity contribution in [3.8, 4) is 0 Å². The molecule has 0 spiro atoms. The minimum absolute atomic E-state index is 0.0242. The fraction of sp³-hybridized carbons (Fsp3) is 0.333. The van der Waals surface area contributed by atoms with Crippen LogP contribution in [0.5, 0.6) is 0 Å². The Bertz CT molecular complexity index is 656. The van der Waals surface area contributed by atoms with E-state index in [4.69, 9.17) is 5.73 Å². The summed E-state index contributed by atoms with van der Waals surface area (Å²) in [7, 11) is 0. The third-order valence-corrected chi connectivity index (χ3v) is 4.46. The molecule has 0 bridgehead atoms. The number of thiophene rings is 1. The van der Waals surface area contributed by atoms with E-state index in [1.807, 2.05) is 61.0 Å². The number of carbonyl (C=O) groups excluding carboxylic acids is 2. The maximum Gasteiger partial charge on any atom is 0.246 e. The largest absolute Gasteiger partial charge is 0.346 e. The van der Waals surface area contributed by atoms with Crippen molar-refractivity contribution >= 4 is 28.8 Å². The second-order valence-corrected chi connectivity index (χ2v) is 6.71. The number of benzene rings is 1. The standard InChI is InChI=1S/C18H23N3O2S/c1-13(2)17(19)18(23)20-10-16(22)21(11-14-8-9-24-12-14)15-6-4-3-5-7-15/h3-9,12-13,17H,10-11,19H2,1-2H3,(H,20,23)/t17-/m0/s1. The Morgan fingerprint density at radius 1 is 1.21 bits per heavy atom. The topological polar surface area (TPSA) is 75.4 Å². The summed E-state index contributed by atoms with van der Waals surface area (Å²) in [6.45, 7) is 4.15. The van der Waals surface area contributed by atoms with Gasteiger partial charge in [0.05, 0.1) is 19.1 Å². The molecule has 0 aliphatic heterocycles. The summed E-state index contributed by atoms with van der Waals surface area (Å²) in [6, 6.07) is 10.8. The van der Waals surface area contributed by atoms with Crippen LogP contribution in [0.2, 0.25) is 0 Å². The summed E-state index contributed by atoms with van der Waals surface area (Å²) < 4.78 is 0. The molecule has 6 heteroatoms. The maximum atomic E-state index is 12.6. The first-order valence-electron chi connectivity index (χ1n) is 7.89. The molecule has 2 rings (SSSR count). The highest BCUT2D eigenvalue weighted by Gasteiger charge is 2.20. The molecule has 5 nitrogen and oxygen atoms in total. The number of nitrogens with one attached hydrogen (secondary N) is 1. The summed E-state index contributed by atoms with van der Waals surface area (Å²) in [5.41, 5.74) is 7.67. The highest BCUT2D eigenvalue weighted by atomic mass is 32.1. The Balaban J connectivity index is 2.06. The van der Waals surface area contributed by atoms with E-state index in [9.17, 15) is 9.59 Å². The second kappa shape index (κ2) is 8.61. The van der Waals surface area contributed by atoms with Gasteiger partial charge >= 0.3 is 0 Å². The van der Waals surface area contributed by atoms with Crippen LogP contribution in [0.1, 0.15) is 19.4 Å². The van der Waals surface area contributed by atoms with Crippen LogP contribution in [0, 0.1) is 5.92 Å². The molecule has 2 amide bonds. The minimum atomic E-state index is -0.611. The number of hydrogen-bond acceptors (Lipinski definition) is 4.